The van der Waals surface area contributed by atoms with Gasteiger partial charge < -0.3 is 15.4 Å². The maximum Gasteiger partial charge on any atom is 0.0859 e. The van der Waals surface area contributed by atoms with Gasteiger partial charge in [-0.2, -0.15) is 0 Å². The minimum atomic E-state index is 0.456. The maximum atomic E-state index is 5.81. The number of fused-ring (bicyclic) bond motifs is 3. The van der Waals surface area contributed by atoms with E-state index in [1.54, 1.807) is 0 Å². The Kier molecular flexibility index (Phi) is 6.45. The van der Waals surface area contributed by atoms with Gasteiger partial charge in [-0.15, -0.1) is 5.10 Å². The number of nitrogens with one attached hydrogen (secondary N) is 2. The molecule has 2 N–H and O–H groups in total. The molecule has 5 heterocycles. The van der Waals surface area contributed by atoms with Crippen LogP contribution in [0.2, 0.25) is 0 Å². The lowest BCUT2D eigenvalue weighted by atomic mass is 9.82. The van der Waals surface area contributed by atoms with Crippen molar-refractivity contribution in [2.75, 3.05) is 32.8 Å². The van der Waals surface area contributed by atoms with E-state index in [1.807, 2.05) is 4.68 Å². The topological polar surface area (TPSA) is 67.2 Å². The molecule has 4 saturated heterocycles. The third-order valence-electron chi connectivity index (χ3n) is 9.10. The van der Waals surface area contributed by atoms with E-state index in [9.17, 15) is 0 Å². The summed E-state index contributed by atoms with van der Waals surface area (Å²) < 4.78 is 7.84. The molecular weight excluding hydrogens is 424 g/mol. The van der Waals surface area contributed by atoms with Gasteiger partial charge in [0.05, 0.1) is 11.4 Å². The van der Waals surface area contributed by atoms with Crippen LogP contribution >= 0.6 is 0 Å². The molecule has 0 radical (unpaired) electrons. The first-order valence-electron chi connectivity index (χ1n) is 13.5. The summed E-state index contributed by atoms with van der Waals surface area (Å²) in [5.41, 5.74) is 4.00. The van der Waals surface area contributed by atoms with Crippen molar-refractivity contribution in [1.82, 2.24) is 30.5 Å². The van der Waals surface area contributed by atoms with Crippen LogP contribution in [0, 0.1) is 11.8 Å². The van der Waals surface area contributed by atoms with Crippen molar-refractivity contribution < 1.29 is 4.74 Å². The monoisotopic (exact) mass is 464 g/mol. The van der Waals surface area contributed by atoms with Gasteiger partial charge in [0, 0.05) is 69.4 Å². The highest BCUT2D eigenvalue weighted by Crippen LogP contribution is 2.48. The van der Waals surface area contributed by atoms with Crippen LogP contribution in [-0.2, 0) is 18.2 Å². The largest absolute Gasteiger partial charge is 0.381 e. The fourth-order valence-corrected chi connectivity index (χ4v) is 7.68. The Bertz CT molecular complexity index is 957. The summed E-state index contributed by atoms with van der Waals surface area (Å²) in [6, 6.07) is 13.5. The first-order chi connectivity index (χ1) is 16.8. The highest BCUT2D eigenvalue weighted by atomic mass is 16.5. The van der Waals surface area contributed by atoms with E-state index in [0.717, 1.165) is 52.1 Å². The fourth-order valence-electron chi connectivity index (χ4n) is 7.68. The zero-order chi connectivity index (χ0) is 23.1. The number of nitrogens with zero attached hydrogens (tertiary/aromatic N) is 4. The molecule has 4 fully saturated rings. The average molecular weight is 465 g/mol. The molecule has 5 unspecified atom stereocenters. The van der Waals surface area contributed by atoms with Crippen LogP contribution in [-0.4, -0.2) is 70.9 Å². The van der Waals surface area contributed by atoms with Crippen molar-refractivity contribution in [2.24, 2.45) is 18.9 Å². The highest BCUT2D eigenvalue weighted by Gasteiger charge is 2.55. The Morgan fingerprint density at radius 2 is 1.91 bits per heavy atom. The normalized spacial score (nSPS) is 33.4. The molecule has 2 aromatic rings. The predicted octanol–water partition coefficient (Wildman–Crippen LogP) is 2.65. The molecule has 7 nitrogen and oxygen atoms in total. The van der Waals surface area contributed by atoms with Gasteiger partial charge in [0.2, 0.25) is 0 Å². The van der Waals surface area contributed by atoms with Gasteiger partial charge in [-0.1, -0.05) is 42.5 Å². The summed E-state index contributed by atoms with van der Waals surface area (Å²) in [4.78, 5) is 3.00. The van der Waals surface area contributed by atoms with Gasteiger partial charge >= 0.3 is 0 Å². The first kappa shape index (κ1) is 22.7. The Morgan fingerprint density at radius 3 is 2.71 bits per heavy atom. The smallest absolute Gasteiger partial charge is 0.0859 e. The Morgan fingerprint density at radius 1 is 1.09 bits per heavy atom. The van der Waals surface area contributed by atoms with Crippen molar-refractivity contribution >= 4 is 0 Å². The molecule has 0 aliphatic carbocycles. The molecule has 4 aliphatic heterocycles. The minimum absolute atomic E-state index is 0.456. The number of aromatic nitrogens is 3. The summed E-state index contributed by atoms with van der Waals surface area (Å²) >= 11 is 0. The van der Waals surface area contributed by atoms with E-state index >= 15 is 0 Å². The van der Waals surface area contributed by atoms with Gasteiger partial charge in [-0.05, 0) is 50.1 Å². The van der Waals surface area contributed by atoms with Crippen LogP contribution in [0.1, 0.15) is 61.5 Å². The highest BCUT2D eigenvalue weighted by molar-refractivity contribution is 5.25. The Balaban J connectivity index is 1.39. The SMILES string of the molecule is CCc1nnn(C)c1C1CNC2C3CNCCC3N([C@H](c3ccccc3)C3CCOCC3)C2C1. The molecule has 184 valence electrons. The van der Waals surface area contributed by atoms with E-state index in [2.05, 4.69) is 70.1 Å². The number of rotatable bonds is 5. The number of hydrogen-bond acceptors (Lipinski definition) is 6. The first-order valence-corrected chi connectivity index (χ1v) is 13.5. The summed E-state index contributed by atoms with van der Waals surface area (Å²) in [7, 11) is 2.07. The second kappa shape index (κ2) is 9.69. The van der Waals surface area contributed by atoms with Gasteiger partial charge in [0.25, 0.3) is 0 Å². The molecule has 4 aliphatic rings. The molecule has 0 saturated carbocycles. The van der Waals surface area contributed by atoms with Crippen LogP contribution in [0.5, 0.6) is 0 Å². The van der Waals surface area contributed by atoms with Crippen LogP contribution in [0.3, 0.4) is 0 Å². The Hall–Kier alpha value is -1.80. The van der Waals surface area contributed by atoms with Gasteiger partial charge in [-0.25, -0.2) is 0 Å². The molecule has 0 spiro atoms. The summed E-state index contributed by atoms with van der Waals surface area (Å²) in [6.45, 7) is 7.27. The van der Waals surface area contributed by atoms with Crippen molar-refractivity contribution in [2.45, 2.75) is 69.1 Å². The van der Waals surface area contributed by atoms with Crippen LogP contribution in [0.25, 0.3) is 0 Å². The number of hydrogen-bond donors (Lipinski definition) is 2. The molecule has 0 bridgehead atoms. The molecule has 6 rings (SSSR count). The average Bonchev–Trinajstić information content (AvgIpc) is 3.43. The molecule has 0 amide bonds. The maximum absolute atomic E-state index is 5.81. The minimum Gasteiger partial charge on any atom is -0.381 e. The van der Waals surface area contributed by atoms with E-state index in [0.29, 0.717) is 41.9 Å². The van der Waals surface area contributed by atoms with E-state index in [1.165, 1.54) is 29.8 Å². The van der Waals surface area contributed by atoms with Crippen LogP contribution in [0.4, 0.5) is 0 Å². The molecule has 1 aromatic heterocycles. The van der Waals surface area contributed by atoms with E-state index < -0.39 is 0 Å². The predicted molar refractivity (Wildman–Crippen MR) is 133 cm³/mol. The van der Waals surface area contributed by atoms with Crippen molar-refractivity contribution in [3.8, 4) is 0 Å². The third kappa shape index (κ3) is 3.91. The number of benzene rings is 1. The third-order valence-corrected chi connectivity index (χ3v) is 9.10. The second-order valence-electron chi connectivity index (χ2n) is 10.8. The lowest BCUT2D eigenvalue weighted by molar-refractivity contribution is -0.00258. The lowest BCUT2D eigenvalue weighted by Crippen LogP contribution is -2.53. The van der Waals surface area contributed by atoms with E-state index in [-0.39, 0.29) is 0 Å². The molecule has 6 atom stereocenters. The molecule has 1 aromatic carbocycles. The van der Waals surface area contributed by atoms with Crippen molar-refractivity contribution in [1.29, 1.82) is 0 Å². The number of likely N-dealkylation sites (tertiary alicyclic amines) is 1. The zero-order valence-electron chi connectivity index (χ0n) is 20.7. The summed E-state index contributed by atoms with van der Waals surface area (Å²) in [5.74, 6) is 1.77. The van der Waals surface area contributed by atoms with Gasteiger partial charge in [0.15, 0.2) is 0 Å². The number of aryl methyl sites for hydroxylation is 2. The zero-order valence-corrected chi connectivity index (χ0v) is 20.7. The standard InChI is InChI=1S/C27H40N6O/c1-3-22-27(32(2)31-30-22)20-15-24-25(29-16-20)21-17-28-12-9-23(21)33(24)26(18-7-5-4-6-8-18)19-10-13-34-14-11-19/h4-8,19-21,23-26,28-29H,3,9-17H2,1-2H3/t20?,21?,23?,24?,25?,26-/m1/s1. The molecule has 7 heteroatoms. The van der Waals surface area contributed by atoms with Crippen LogP contribution < -0.4 is 10.6 Å². The molecular formula is C27H40N6O. The van der Waals surface area contributed by atoms with Crippen molar-refractivity contribution in [3.05, 3.63) is 47.3 Å². The quantitative estimate of drug-likeness (QED) is 0.709. The second-order valence-corrected chi connectivity index (χ2v) is 10.8. The van der Waals surface area contributed by atoms with Crippen molar-refractivity contribution in [3.63, 3.8) is 0 Å². The summed E-state index contributed by atoms with van der Waals surface area (Å²) in [6.07, 6.45) is 5.69. The van der Waals surface area contributed by atoms with Gasteiger partial charge in [0.1, 0.15) is 0 Å². The molecule has 34 heavy (non-hydrogen) atoms. The van der Waals surface area contributed by atoms with Gasteiger partial charge in [-0.3, -0.25) is 9.58 Å². The fraction of sp³-hybridized carbons (Fsp3) is 0.704. The number of piperidine rings is 2. The Labute approximate surface area is 203 Å². The lowest BCUT2D eigenvalue weighted by Gasteiger charge is -2.46. The summed E-state index contributed by atoms with van der Waals surface area (Å²) in [5, 5.41) is 16.7. The number of ether oxygens (including phenoxy) is 1. The van der Waals surface area contributed by atoms with Crippen LogP contribution in [0.15, 0.2) is 30.3 Å². The van der Waals surface area contributed by atoms with E-state index in [4.69, 9.17) is 4.74 Å².